The van der Waals surface area contributed by atoms with Crippen LogP contribution in [0.25, 0.3) is 5.52 Å². The second kappa shape index (κ2) is 3.53. The Hall–Kier alpha value is -2.02. The lowest BCUT2D eigenvalue weighted by Gasteiger charge is -2.20. The summed E-state index contributed by atoms with van der Waals surface area (Å²) in [4.78, 5) is 4.29. The SMILES string of the molecule is C#CC(C)(C)Nc1nccn2nc(C)cc12. The number of nitrogens with one attached hydrogen (secondary N) is 1. The topological polar surface area (TPSA) is 42.2 Å². The van der Waals surface area contributed by atoms with E-state index in [0.717, 1.165) is 17.0 Å². The third-order valence-corrected chi connectivity index (χ3v) is 2.30. The molecule has 4 nitrogen and oxygen atoms in total. The van der Waals surface area contributed by atoms with Gasteiger partial charge < -0.3 is 5.32 Å². The van der Waals surface area contributed by atoms with E-state index in [9.17, 15) is 0 Å². The summed E-state index contributed by atoms with van der Waals surface area (Å²) >= 11 is 0. The van der Waals surface area contributed by atoms with Crippen LogP contribution in [-0.4, -0.2) is 20.1 Å². The van der Waals surface area contributed by atoms with E-state index in [1.165, 1.54) is 0 Å². The Morgan fingerprint density at radius 1 is 1.50 bits per heavy atom. The number of nitrogens with zero attached hydrogens (tertiary/aromatic N) is 3. The molecule has 0 fully saturated rings. The molecule has 2 heterocycles. The van der Waals surface area contributed by atoms with Crippen molar-refractivity contribution in [3.8, 4) is 12.3 Å². The van der Waals surface area contributed by atoms with Gasteiger partial charge in [0.1, 0.15) is 5.52 Å². The summed E-state index contributed by atoms with van der Waals surface area (Å²) in [5, 5.41) is 7.53. The first-order valence-electron chi connectivity index (χ1n) is 5.09. The Morgan fingerprint density at radius 2 is 2.25 bits per heavy atom. The molecule has 2 rings (SSSR count). The highest BCUT2D eigenvalue weighted by molar-refractivity contribution is 5.69. The molecule has 0 unspecified atom stereocenters. The molecule has 2 aromatic rings. The summed E-state index contributed by atoms with van der Waals surface area (Å²) in [6.45, 7) is 5.81. The average molecular weight is 214 g/mol. The fraction of sp³-hybridized carbons (Fsp3) is 0.333. The second-order valence-corrected chi connectivity index (χ2v) is 4.29. The third-order valence-electron chi connectivity index (χ3n) is 2.30. The first-order chi connectivity index (χ1) is 7.52. The van der Waals surface area contributed by atoms with Gasteiger partial charge in [-0.25, -0.2) is 9.50 Å². The Labute approximate surface area is 94.7 Å². The van der Waals surface area contributed by atoms with Crippen molar-refractivity contribution in [3.05, 3.63) is 24.2 Å². The van der Waals surface area contributed by atoms with E-state index in [4.69, 9.17) is 6.42 Å². The zero-order valence-electron chi connectivity index (χ0n) is 9.65. The Bertz CT molecular complexity index is 560. The molecule has 0 radical (unpaired) electrons. The number of aromatic nitrogens is 3. The molecule has 16 heavy (non-hydrogen) atoms. The number of hydrogen-bond donors (Lipinski definition) is 1. The fourth-order valence-corrected chi connectivity index (χ4v) is 1.47. The average Bonchev–Trinajstić information content (AvgIpc) is 2.59. The normalized spacial score (nSPS) is 11.4. The fourth-order valence-electron chi connectivity index (χ4n) is 1.47. The molecule has 0 spiro atoms. The number of fused-ring (bicyclic) bond motifs is 1. The van der Waals surface area contributed by atoms with Crippen LogP contribution in [0, 0.1) is 19.3 Å². The molecule has 0 amide bonds. The lowest BCUT2D eigenvalue weighted by Crippen LogP contribution is -2.29. The van der Waals surface area contributed by atoms with E-state index in [1.54, 1.807) is 10.7 Å². The molecule has 1 N–H and O–H groups in total. The van der Waals surface area contributed by atoms with Crippen LogP contribution < -0.4 is 5.32 Å². The largest absolute Gasteiger partial charge is 0.353 e. The molecule has 0 saturated carbocycles. The Morgan fingerprint density at radius 3 is 2.94 bits per heavy atom. The van der Waals surface area contributed by atoms with Crippen molar-refractivity contribution in [2.45, 2.75) is 26.3 Å². The van der Waals surface area contributed by atoms with Crippen molar-refractivity contribution in [2.24, 2.45) is 0 Å². The molecule has 0 aliphatic carbocycles. The molecule has 0 saturated heterocycles. The van der Waals surface area contributed by atoms with E-state index < -0.39 is 5.54 Å². The summed E-state index contributed by atoms with van der Waals surface area (Å²) in [5.74, 6) is 3.44. The minimum absolute atomic E-state index is 0.424. The van der Waals surface area contributed by atoms with Gasteiger partial charge in [-0.15, -0.1) is 6.42 Å². The lowest BCUT2D eigenvalue weighted by atomic mass is 10.1. The second-order valence-electron chi connectivity index (χ2n) is 4.29. The Kier molecular flexibility index (Phi) is 2.31. The van der Waals surface area contributed by atoms with Gasteiger partial charge in [0.25, 0.3) is 0 Å². The predicted molar refractivity (Wildman–Crippen MR) is 64.3 cm³/mol. The van der Waals surface area contributed by atoms with Gasteiger partial charge in [0, 0.05) is 12.4 Å². The monoisotopic (exact) mass is 214 g/mol. The molecule has 0 aromatic carbocycles. The smallest absolute Gasteiger partial charge is 0.153 e. The number of terminal acetylenes is 1. The zero-order chi connectivity index (χ0) is 11.8. The van der Waals surface area contributed by atoms with E-state index in [-0.39, 0.29) is 0 Å². The number of rotatable bonds is 2. The third kappa shape index (κ3) is 1.84. The maximum absolute atomic E-state index is 5.44. The zero-order valence-corrected chi connectivity index (χ0v) is 9.65. The molecule has 0 aliphatic heterocycles. The molecule has 0 bridgehead atoms. The van der Waals surface area contributed by atoms with Gasteiger partial charge in [0.15, 0.2) is 5.82 Å². The Balaban J connectivity index is 2.49. The highest BCUT2D eigenvalue weighted by atomic mass is 15.2. The van der Waals surface area contributed by atoms with Crippen LogP contribution >= 0.6 is 0 Å². The van der Waals surface area contributed by atoms with E-state index in [1.807, 2.05) is 33.0 Å². The summed E-state index contributed by atoms with van der Waals surface area (Å²) in [7, 11) is 0. The van der Waals surface area contributed by atoms with Gasteiger partial charge >= 0.3 is 0 Å². The summed E-state index contributed by atoms with van der Waals surface area (Å²) in [6.07, 6.45) is 8.96. The van der Waals surface area contributed by atoms with Crippen molar-refractivity contribution in [1.82, 2.24) is 14.6 Å². The van der Waals surface area contributed by atoms with Crippen molar-refractivity contribution >= 4 is 11.3 Å². The molecular formula is C12H14N4. The van der Waals surface area contributed by atoms with Crippen LogP contribution in [-0.2, 0) is 0 Å². The minimum Gasteiger partial charge on any atom is -0.353 e. The lowest BCUT2D eigenvalue weighted by molar-refractivity contribution is 0.735. The van der Waals surface area contributed by atoms with E-state index in [2.05, 4.69) is 21.3 Å². The maximum Gasteiger partial charge on any atom is 0.153 e. The highest BCUT2D eigenvalue weighted by Crippen LogP contribution is 2.18. The van der Waals surface area contributed by atoms with Crippen LogP contribution in [0.2, 0.25) is 0 Å². The molecular weight excluding hydrogens is 200 g/mol. The molecule has 0 atom stereocenters. The number of aryl methyl sites for hydroxylation is 1. The van der Waals surface area contributed by atoms with Crippen molar-refractivity contribution in [1.29, 1.82) is 0 Å². The van der Waals surface area contributed by atoms with Crippen LogP contribution in [0.1, 0.15) is 19.5 Å². The van der Waals surface area contributed by atoms with Gasteiger partial charge in [-0.2, -0.15) is 5.10 Å². The van der Waals surface area contributed by atoms with Crippen molar-refractivity contribution in [2.75, 3.05) is 5.32 Å². The van der Waals surface area contributed by atoms with Crippen molar-refractivity contribution in [3.63, 3.8) is 0 Å². The minimum atomic E-state index is -0.424. The summed E-state index contributed by atoms with van der Waals surface area (Å²) in [5.41, 5.74) is 1.46. The van der Waals surface area contributed by atoms with Crippen LogP contribution in [0.15, 0.2) is 18.5 Å². The summed E-state index contributed by atoms with van der Waals surface area (Å²) < 4.78 is 1.79. The van der Waals surface area contributed by atoms with Crippen LogP contribution in [0.5, 0.6) is 0 Å². The van der Waals surface area contributed by atoms with Gasteiger partial charge in [-0.05, 0) is 26.8 Å². The maximum atomic E-state index is 5.44. The van der Waals surface area contributed by atoms with E-state index in [0.29, 0.717) is 0 Å². The number of anilines is 1. The van der Waals surface area contributed by atoms with Gasteiger partial charge in [-0.3, -0.25) is 0 Å². The first-order valence-corrected chi connectivity index (χ1v) is 5.09. The molecule has 82 valence electrons. The molecule has 0 aliphatic rings. The van der Waals surface area contributed by atoms with Gasteiger partial charge in [0.2, 0.25) is 0 Å². The predicted octanol–water partition coefficient (Wildman–Crippen LogP) is 1.86. The number of hydrogen-bond acceptors (Lipinski definition) is 3. The van der Waals surface area contributed by atoms with Gasteiger partial charge in [0.05, 0.1) is 11.2 Å². The van der Waals surface area contributed by atoms with Crippen LogP contribution in [0.4, 0.5) is 5.82 Å². The first kappa shape index (κ1) is 10.5. The summed E-state index contributed by atoms with van der Waals surface area (Å²) in [6, 6.07) is 1.97. The van der Waals surface area contributed by atoms with Gasteiger partial charge in [-0.1, -0.05) is 5.92 Å². The molecule has 4 heteroatoms. The highest BCUT2D eigenvalue weighted by Gasteiger charge is 2.16. The van der Waals surface area contributed by atoms with E-state index >= 15 is 0 Å². The quantitative estimate of drug-likeness (QED) is 0.776. The van der Waals surface area contributed by atoms with Crippen LogP contribution in [0.3, 0.4) is 0 Å². The standard InChI is InChI=1S/C12H14N4/c1-5-12(3,4)14-11-10-8-9(2)15-16(10)7-6-13-11/h1,6-8H,2-4H3,(H,13,14). The van der Waals surface area contributed by atoms with Crippen molar-refractivity contribution < 1.29 is 0 Å². The molecule has 2 aromatic heterocycles.